The van der Waals surface area contributed by atoms with Gasteiger partial charge in [-0.2, -0.15) is 0 Å². The van der Waals surface area contributed by atoms with Crippen LogP contribution >= 0.6 is 11.8 Å². The molecule has 0 spiro atoms. The Hall–Kier alpha value is -3.98. The molecule has 0 fully saturated rings. The second-order valence-electron chi connectivity index (χ2n) is 7.93. The van der Waals surface area contributed by atoms with E-state index >= 15 is 0 Å². The van der Waals surface area contributed by atoms with Gasteiger partial charge in [0.15, 0.2) is 5.16 Å². The summed E-state index contributed by atoms with van der Waals surface area (Å²) in [7, 11) is 1.30. The number of hydrogen-bond acceptors (Lipinski definition) is 8. The predicted molar refractivity (Wildman–Crippen MR) is 133 cm³/mol. The summed E-state index contributed by atoms with van der Waals surface area (Å²) in [5.74, 6) is -1.36. The van der Waals surface area contributed by atoms with E-state index in [-0.39, 0.29) is 17.1 Å². The molecule has 0 aliphatic carbocycles. The lowest BCUT2D eigenvalue weighted by atomic mass is 10.1. The highest BCUT2D eigenvalue weighted by atomic mass is 32.2. The molecule has 2 heterocycles. The van der Waals surface area contributed by atoms with Gasteiger partial charge in [-0.1, -0.05) is 36.4 Å². The van der Waals surface area contributed by atoms with Gasteiger partial charge < -0.3 is 10.1 Å². The Morgan fingerprint density at radius 2 is 1.69 bits per heavy atom. The summed E-state index contributed by atoms with van der Waals surface area (Å²) in [5.41, 5.74) is 3.47. The van der Waals surface area contributed by atoms with Crippen LogP contribution in [-0.4, -0.2) is 46.3 Å². The third-order valence-electron chi connectivity index (χ3n) is 5.30. The summed E-state index contributed by atoms with van der Waals surface area (Å²) in [6.07, 6.45) is 0.529. The zero-order valence-corrected chi connectivity index (χ0v) is 20.4. The highest BCUT2D eigenvalue weighted by molar-refractivity contribution is 8.04. The Morgan fingerprint density at radius 1 is 0.971 bits per heavy atom. The maximum absolute atomic E-state index is 13.4. The van der Waals surface area contributed by atoms with Crippen LogP contribution in [0.2, 0.25) is 0 Å². The van der Waals surface area contributed by atoms with Gasteiger partial charge in [0.25, 0.3) is 11.8 Å². The van der Waals surface area contributed by atoms with E-state index in [1.54, 1.807) is 24.3 Å². The molecule has 3 aromatic rings. The van der Waals surface area contributed by atoms with Crippen molar-refractivity contribution in [1.29, 1.82) is 0 Å². The third-order valence-corrected chi connectivity index (χ3v) is 6.25. The van der Waals surface area contributed by atoms with Crippen LogP contribution in [0.4, 0.5) is 5.69 Å². The number of hydrogen-bond donors (Lipinski definition) is 1. The maximum Gasteiger partial charge on any atom is 0.337 e. The fraction of sp³-hybridized carbons (Fsp3) is 0.192. The van der Waals surface area contributed by atoms with Gasteiger partial charge in [0.1, 0.15) is 10.6 Å². The largest absolute Gasteiger partial charge is 0.465 e. The van der Waals surface area contributed by atoms with Crippen molar-refractivity contribution in [2.75, 3.05) is 19.0 Å². The predicted octanol–water partition coefficient (Wildman–Crippen LogP) is 3.91. The average Bonchev–Trinajstić information content (AvgIpc) is 3.06. The molecule has 178 valence electrons. The summed E-state index contributed by atoms with van der Waals surface area (Å²) in [4.78, 5) is 49.0. The Morgan fingerprint density at radius 3 is 2.37 bits per heavy atom. The van der Waals surface area contributed by atoms with Crippen LogP contribution in [-0.2, 0) is 20.7 Å². The van der Waals surface area contributed by atoms with Gasteiger partial charge in [0, 0.05) is 23.6 Å². The molecular formula is C26H24N4O4S. The van der Waals surface area contributed by atoms with Crippen molar-refractivity contribution < 1.29 is 19.1 Å². The summed E-state index contributed by atoms with van der Waals surface area (Å²) < 4.78 is 4.78. The van der Waals surface area contributed by atoms with Crippen molar-refractivity contribution in [3.05, 3.63) is 93.8 Å². The number of anilines is 1. The summed E-state index contributed by atoms with van der Waals surface area (Å²) in [6.45, 7) is 3.92. The Kier molecular flexibility index (Phi) is 7.26. The van der Waals surface area contributed by atoms with Crippen molar-refractivity contribution in [1.82, 2.24) is 14.9 Å². The van der Waals surface area contributed by atoms with Gasteiger partial charge in [0.05, 0.1) is 12.7 Å². The summed E-state index contributed by atoms with van der Waals surface area (Å²) in [5, 5.41) is 3.43. The van der Waals surface area contributed by atoms with Crippen LogP contribution < -0.4 is 5.32 Å². The van der Waals surface area contributed by atoms with Crippen LogP contribution in [0.3, 0.4) is 0 Å². The Labute approximate surface area is 207 Å². The standard InChI is InChI=1S/C26H24N4O4S/c1-16-14-17(2)28-26(27-16)35-22-21(29-20-11-7-10-19(15-20)25(33)34-3)23(31)30(24(22)32)13-12-18-8-5-4-6-9-18/h4-11,14-15,29H,12-13H2,1-3H3. The molecule has 1 aliphatic heterocycles. The van der Waals surface area contributed by atoms with Crippen LogP contribution in [0.1, 0.15) is 27.3 Å². The number of methoxy groups -OCH3 is 1. The number of esters is 1. The zero-order chi connectivity index (χ0) is 24.9. The van der Waals surface area contributed by atoms with Gasteiger partial charge in [-0.15, -0.1) is 0 Å². The van der Waals surface area contributed by atoms with Crippen molar-refractivity contribution in [3.8, 4) is 0 Å². The molecule has 0 atom stereocenters. The minimum atomic E-state index is -0.501. The number of carbonyl (C=O) groups is 3. The first-order valence-corrected chi connectivity index (χ1v) is 11.8. The van der Waals surface area contributed by atoms with Crippen molar-refractivity contribution in [2.45, 2.75) is 25.4 Å². The van der Waals surface area contributed by atoms with Gasteiger partial charge >= 0.3 is 5.97 Å². The minimum absolute atomic E-state index is 0.123. The van der Waals surface area contributed by atoms with Crippen LogP contribution in [0.5, 0.6) is 0 Å². The number of ether oxygens (including phenoxy) is 1. The number of nitrogens with zero attached hydrogens (tertiary/aromatic N) is 3. The highest BCUT2D eigenvalue weighted by Crippen LogP contribution is 2.34. The third kappa shape index (κ3) is 5.58. The van der Waals surface area contributed by atoms with Gasteiger partial charge in [-0.3, -0.25) is 14.5 Å². The van der Waals surface area contributed by atoms with Gasteiger partial charge in [0.2, 0.25) is 0 Å². The summed E-state index contributed by atoms with van der Waals surface area (Å²) >= 11 is 1.05. The van der Waals surface area contributed by atoms with E-state index in [0.29, 0.717) is 22.8 Å². The molecule has 2 aromatic carbocycles. The minimum Gasteiger partial charge on any atom is -0.465 e. The molecule has 4 rings (SSSR count). The molecule has 1 aromatic heterocycles. The SMILES string of the molecule is COC(=O)c1cccc(NC2=C(Sc3nc(C)cc(C)n3)C(=O)N(CCc3ccccc3)C2=O)c1. The topological polar surface area (TPSA) is 101 Å². The van der Waals surface area contributed by atoms with Gasteiger partial charge in [-0.25, -0.2) is 14.8 Å². The number of thioether (sulfide) groups is 1. The van der Waals surface area contributed by atoms with E-state index in [1.807, 2.05) is 50.2 Å². The van der Waals surface area contributed by atoms with E-state index in [1.165, 1.54) is 12.0 Å². The smallest absolute Gasteiger partial charge is 0.337 e. The average molecular weight is 489 g/mol. The molecule has 8 nitrogen and oxygen atoms in total. The quantitative estimate of drug-likeness (QED) is 0.289. The van der Waals surface area contributed by atoms with Gasteiger partial charge in [-0.05, 0) is 61.9 Å². The molecule has 0 radical (unpaired) electrons. The number of aryl methyl sites for hydroxylation is 2. The van der Waals surface area contributed by atoms with Crippen molar-refractivity contribution >= 4 is 35.2 Å². The maximum atomic E-state index is 13.4. The van der Waals surface area contributed by atoms with E-state index in [9.17, 15) is 14.4 Å². The fourth-order valence-corrected chi connectivity index (χ4v) is 4.66. The molecule has 2 amide bonds. The molecule has 0 saturated carbocycles. The molecule has 0 unspecified atom stereocenters. The molecule has 1 aliphatic rings. The summed E-state index contributed by atoms with van der Waals surface area (Å²) in [6, 6.07) is 18.1. The Bertz CT molecular complexity index is 1300. The first kappa shape index (κ1) is 24.2. The number of rotatable bonds is 8. The van der Waals surface area contributed by atoms with E-state index in [2.05, 4.69) is 15.3 Å². The number of imide groups is 1. The molecule has 35 heavy (non-hydrogen) atoms. The lowest BCUT2D eigenvalue weighted by Crippen LogP contribution is -2.34. The first-order valence-electron chi connectivity index (χ1n) is 11.0. The number of carbonyl (C=O) groups excluding carboxylic acids is 3. The lowest BCUT2D eigenvalue weighted by Gasteiger charge is -2.15. The normalized spacial score (nSPS) is 13.4. The second kappa shape index (κ2) is 10.5. The molecule has 0 saturated heterocycles. The number of benzene rings is 2. The second-order valence-corrected chi connectivity index (χ2v) is 8.91. The van der Waals surface area contributed by atoms with Crippen molar-refractivity contribution in [3.63, 3.8) is 0 Å². The van der Waals surface area contributed by atoms with E-state index < -0.39 is 17.8 Å². The number of nitrogens with one attached hydrogen (secondary N) is 1. The zero-order valence-electron chi connectivity index (χ0n) is 19.6. The Balaban J connectivity index is 1.66. The number of aromatic nitrogens is 2. The molecule has 1 N–H and O–H groups in total. The highest BCUT2D eigenvalue weighted by Gasteiger charge is 2.39. The molecule has 0 bridgehead atoms. The molecular weight excluding hydrogens is 464 g/mol. The first-order chi connectivity index (χ1) is 16.9. The lowest BCUT2D eigenvalue weighted by molar-refractivity contribution is -0.137. The number of amides is 2. The molecule has 9 heteroatoms. The van der Waals surface area contributed by atoms with E-state index in [4.69, 9.17) is 4.74 Å². The fourth-order valence-electron chi connectivity index (χ4n) is 3.66. The van der Waals surface area contributed by atoms with E-state index in [0.717, 1.165) is 28.7 Å². The monoisotopic (exact) mass is 488 g/mol. The van der Waals surface area contributed by atoms with Crippen LogP contribution in [0.25, 0.3) is 0 Å². The van der Waals surface area contributed by atoms with Crippen molar-refractivity contribution in [2.24, 2.45) is 0 Å². The van der Waals surface area contributed by atoms with Crippen LogP contribution in [0, 0.1) is 13.8 Å². The van der Waals surface area contributed by atoms with Crippen LogP contribution in [0.15, 0.2) is 76.4 Å².